The summed E-state index contributed by atoms with van der Waals surface area (Å²) in [6.45, 7) is 3.78. The zero-order chi connectivity index (χ0) is 12.5. The highest BCUT2D eigenvalue weighted by atomic mass is 32.2. The number of urea groups is 1. The highest BCUT2D eigenvalue weighted by molar-refractivity contribution is 7.99. The van der Waals surface area contributed by atoms with Gasteiger partial charge in [-0.1, -0.05) is 6.08 Å². The second-order valence-electron chi connectivity index (χ2n) is 3.12. The lowest BCUT2D eigenvalue weighted by Gasteiger charge is -2.03. The van der Waals surface area contributed by atoms with Crippen LogP contribution in [0.1, 0.15) is 5.76 Å². The molecule has 17 heavy (non-hydrogen) atoms. The molecule has 0 aliphatic rings. The molecule has 3 amide bonds. The van der Waals surface area contributed by atoms with Crippen LogP contribution in [0.3, 0.4) is 0 Å². The van der Waals surface area contributed by atoms with Gasteiger partial charge in [0.15, 0.2) is 0 Å². The number of hydrogen-bond donors (Lipinski definition) is 2. The van der Waals surface area contributed by atoms with Crippen LogP contribution in [-0.2, 0) is 10.5 Å². The summed E-state index contributed by atoms with van der Waals surface area (Å²) in [7, 11) is 0. The first-order valence-electron chi connectivity index (χ1n) is 5.01. The van der Waals surface area contributed by atoms with E-state index in [0.29, 0.717) is 12.3 Å². The Hall–Kier alpha value is -1.69. The predicted molar refractivity (Wildman–Crippen MR) is 66.6 cm³/mol. The van der Waals surface area contributed by atoms with Gasteiger partial charge in [-0.3, -0.25) is 10.1 Å². The number of carbonyl (C=O) groups is 2. The van der Waals surface area contributed by atoms with Crippen molar-refractivity contribution in [3.63, 3.8) is 0 Å². The first kappa shape index (κ1) is 13.4. The maximum Gasteiger partial charge on any atom is 0.321 e. The van der Waals surface area contributed by atoms with Crippen molar-refractivity contribution in [1.82, 2.24) is 10.6 Å². The van der Waals surface area contributed by atoms with E-state index in [0.717, 1.165) is 5.76 Å². The van der Waals surface area contributed by atoms with E-state index in [1.54, 1.807) is 12.3 Å². The Morgan fingerprint density at radius 3 is 3.00 bits per heavy atom. The molecular formula is C11H14N2O3S. The summed E-state index contributed by atoms with van der Waals surface area (Å²) in [5.41, 5.74) is 0. The number of carbonyl (C=O) groups excluding carboxylic acids is 2. The summed E-state index contributed by atoms with van der Waals surface area (Å²) in [5, 5.41) is 4.66. The van der Waals surface area contributed by atoms with Gasteiger partial charge in [0.1, 0.15) is 5.76 Å². The molecule has 0 spiro atoms. The molecule has 5 nitrogen and oxygen atoms in total. The summed E-state index contributed by atoms with van der Waals surface area (Å²) >= 11 is 1.38. The van der Waals surface area contributed by atoms with Crippen LogP contribution in [0.4, 0.5) is 4.79 Å². The zero-order valence-corrected chi connectivity index (χ0v) is 10.1. The number of thioether (sulfide) groups is 1. The molecule has 92 valence electrons. The third-order valence-electron chi connectivity index (χ3n) is 1.72. The van der Waals surface area contributed by atoms with Gasteiger partial charge in [-0.05, 0) is 12.1 Å². The largest absolute Gasteiger partial charge is 0.468 e. The minimum absolute atomic E-state index is 0.211. The second kappa shape index (κ2) is 7.56. The summed E-state index contributed by atoms with van der Waals surface area (Å²) in [6.07, 6.45) is 3.12. The highest BCUT2D eigenvalue weighted by Crippen LogP contribution is 2.11. The van der Waals surface area contributed by atoms with E-state index >= 15 is 0 Å². The number of nitrogens with one attached hydrogen (secondary N) is 2. The normalized spacial score (nSPS) is 9.65. The molecule has 0 bridgehead atoms. The topological polar surface area (TPSA) is 71.3 Å². The monoisotopic (exact) mass is 254 g/mol. The molecule has 0 aliphatic heterocycles. The Morgan fingerprint density at radius 2 is 2.35 bits per heavy atom. The fourth-order valence-electron chi connectivity index (χ4n) is 1.01. The standard InChI is InChI=1S/C11H14N2O3S/c1-2-5-12-11(15)13-10(14)8-17-7-9-4-3-6-16-9/h2-4,6H,1,5,7-8H2,(H2,12,13,14,15). The van der Waals surface area contributed by atoms with Crippen LogP contribution >= 0.6 is 11.8 Å². The number of amides is 3. The van der Waals surface area contributed by atoms with Crippen LogP contribution < -0.4 is 10.6 Å². The van der Waals surface area contributed by atoms with Crippen LogP contribution in [0.2, 0.25) is 0 Å². The third-order valence-corrected chi connectivity index (χ3v) is 2.67. The molecule has 0 unspecified atom stereocenters. The Balaban J connectivity index is 2.12. The molecule has 1 aromatic rings. The Morgan fingerprint density at radius 1 is 1.53 bits per heavy atom. The van der Waals surface area contributed by atoms with Gasteiger partial charge in [-0.2, -0.15) is 0 Å². The molecule has 0 saturated carbocycles. The van der Waals surface area contributed by atoms with Crippen molar-refractivity contribution in [1.29, 1.82) is 0 Å². The molecule has 0 fully saturated rings. The maximum absolute atomic E-state index is 11.3. The first-order chi connectivity index (χ1) is 8.22. The average molecular weight is 254 g/mol. The van der Waals surface area contributed by atoms with Crippen LogP contribution in [0.25, 0.3) is 0 Å². The van der Waals surface area contributed by atoms with Crippen molar-refractivity contribution >= 4 is 23.7 Å². The molecule has 0 radical (unpaired) electrons. The minimum atomic E-state index is -0.506. The zero-order valence-electron chi connectivity index (χ0n) is 9.27. The molecule has 1 rings (SSSR count). The van der Waals surface area contributed by atoms with E-state index < -0.39 is 6.03 Å². The summed E-state index contributed by atoms with van der Waals surface area (Å²) in [5.74, 6) is 1.29. The van der Waals surface area contributed by atoms with Crippen LogP contribution in [-0.4, -0.2) is 24.2 Å². The first-order valence-corrected chi connectivity index (χ1v) is 6.16. The quantitative estimate of drug-likeness (QED) is 0.755. The molecule has 0 aromatic carbocycles. The van der Waals surface area contributed by atoms with E-state index in [1.165, 1.54) is 17.8 Å². The summed E-state index contributed by atoms with van der Waals surface area (Å²) < 4.78 is 5.11. The predicted octanol–water partition coefficient (Wildman–Crippen LogP) is 1.52. The van der Waals surface area contributed by atoms with Gasteiger partial charge in [0.2, 0.25) is 5.91 Å². The van der Waals surface area contributed by atoms with Gasteiger partial charge in [-0.15, -0.1) is 18.3 Å². The maximum atomic E-state index is 11.3. The van der Waals surface area contributed by atoms with Crippen molar-refractivity contribution in [2.75, 3.05) is 12.3 Å². The van der Waals surface area contributed by atoms with E-state index in [-0.39, 0.29) is 11.7 Å². The van der Waals surface area contributed by atoms with Gasteiger partial charge < -0.3 is 9.73 Å². The van der Waals surface area contributed by atoms with Gasteiger partial charge in [0.05, 0.1) is 17.8 Å². The Bertz CT molecular complexity index is 376. The summed E-state index contributed by atoms with van der Waals surface area (Å²) in [6, 6.07) is 3.12. The van der Waals surface area contributed by atoms with Crippen molar-refractivity contribution in [2.45, 2.75) is 5.75 Å². The lowest BCUT2D eigenvalue weighted by atomic mass is 10.5. The Labute approximate surface area is 104 Å². The van der Waals surface area contributed by atoms with Crippen molar-refractivity contribution in [2.24, 2.45) is 0 Å². The van der Waals surface area contributed by atoms with Crippen molar-refractivity contribution < 1.29 is 14.0 Å². The van der Waals surface area contributed by atoms with Gasteiger partial charge in [0, 0.05) is 6.54 Å². The second-order valence-corrected chi connectivity index (χ2v) is 4.10. The van der Waals surface area contributed by atoms with E-state index in [2.05, 4.69) is 17.2 Å². The highest BCUT2D eigenvalue weighted by Gasteiger charge is 2.06. The molecule has 0 aliphatic carbocycles. The number of imide groups is 1. The van der Waals surface area contributed by atoms with Crippen LogP contribution in [0, 0.1) is 0 Å². The molecule has 1 heterocycles. The van der Waals surface area contributed by atoms with Gasteiger partial charge in [-0.25, -0.2) is 4.79 Å². The molecule has 6 heteroatoms. The minimum Gasteiger partial charge on any atom is -0.468 e. The fourth-order valence-corrected chi connectivity index (χ4v) is 1.74. The lowest BCUT2D eigenvalue weighted by Crippen LogP contribution is -2.40. The van der Waals surface area contributed by atoms with E-state index in [4.69, 9.17) is 4.42 Å². The van der Waals surface area contributed by atoms with Gasteiger partial charge in [0.25, 0.3) is 0 Å². The average Bonchev–Trinajstić information content (AvgIpc) is 2.79. The lowest BCUT2D eigenvalue weighted by molar-refractivity contribution is -0.117. The Kier molecular flexibility index (Phi) is 5.95. The van der Waals surface area contributed by atoms with Crippen molar-refractivity contribution in [3.8, 4) is 0 Å². The van der Waals surface area contributed by atoms with Crippen molar-refractivity contribution in [3.05, 3.63) is 36.8 Å². The van der Waals surface area contributed by atoms with E-state index in [1.807, 2.05) is 6.07 Å². The number of furan rings is 1. The van der Waals surface area contributed by atoms with Crippen LogP contribution in [0.5, 0.6) is 0 Å². The number of rotatable bonds is 6. The smallest absolute Gasteiger partial charge is 0.321 e. The van der Waals surface area contributed by atoms with Crippen LogP contribution in [0.15, 0.2) is 35.5 Å². The SMILES string of the molecule is C=CCNC(=O)NC(=O)CSCc1ccco1. The van der Waals surface area contributed by atoms with Gasteiger partial charge >= 0.3 is 6.03 Å². The molecular weight excluding hydrogens is 240 g/mol. The fraction of sp³-hybridized carbons (Fsp3) is 0.273. The third kappa shape index (κ3) is 5.82. The summed E-state index contributed by atoms with van der Waals surface area (Å²) in [4.78, 5) is 22.4. The van der Waals surface area contributed by atoms with E-state index in [9.17, 15) is 9.59 Å². The molecule has 1 aromatic heterocycles. The molecule has 0 saturated heterocycles. The molecule has 2 N–H and O–H groups in total. The number of hydrogen-bond acceptors (Lipinski definition) is 4. The molecule has 0 atom stereocenters.